The number of alkyl halides is 12. The van der Waals surface area contributed by atoms with Crippen LogP contribution in [-0.4, -0.2) is 11.9 Å². The van der Waals surface area contributed by atoms with Crippen LogP contribution in [0, 0.1) is 13.8 Å². The van der Waals surface area contributed by atoms with Crippen LogP contribution in [0.2, 0.25) is 0 Å². The topological polar surface area (TPSA) is 52.6 Å². The van der Waals surface area contributed by atoms with E-state index in [1.54, 1.807) is 0 Å². The lowest BCUT2D eigenvalue weighted by Gasteiger charge is -2.22. The van der Waals surface area contributed by atoms with E-state index in [0.29, 0.717) is 6.92 Å². The second-order valence-corrected chi connectivity index (χ2v) is 9.04. The van der Waals surface area contributed by atoms with Crippen LogP contribution in [0.15, 0.2) is 54.6 Å². The van der Waals surface area contributed by atoms with E-state index < -0.39 is 93.0 Å². The number of esters is 2. The van der Waals surface area contributed by atoms with E-state index in [4.69, 9.17) is 0 Å². The maximum Gasteiger partial charge on any atom is 0.420 e. The molecule has 3 aromatic rings. The molecular formula is C27H16F12O4. The van der Waals surface area contributed by atoms with Crippen LogP contribution >= 0.6 is 0 Å². The molecule has 0 heterocycles. The van der Waals surface area contributed by atoms with Crippen LogP contribution in [0.5, 0.6) is 11.5 Å². The molecular weight excluding hydrogens is 616 g/mol. The van der Waals surface area contributed by atoms with E-state index in [-0.39, 0.29) is 24.3 Å². The fourth-order valence-corrected chi connectivity index (χ4v) is 3.92. The zero-order valence-electron chi connectivity index (χ0n) is 21.4. The highest BCUT2D eigenvalue weighted by Gasteiger charge is 2.45. The number of ether oxygens (including phenoxy) is 2. The van der Waals surface area contributed by atoms with Gasteiger partial charge < -0.3 is 9.47 Å². The number of halogens is 12. The molecule has 1 atom stereocenters. The zero-order valence-corrected chi connectivity index (χ0v) is 21.4. The van der Waals surface area contributed by atoms with Crippen molar-refractivity contribution in [1.29, 1.82) is 0 Å². The summed E-state index contributed by atoms with van der Waals surface area (Å²) in [5.74, 6) is -10.2. The molecule has 0 aliphatic carbocycles. The van der Waals surface area contributed by atoms with E-state index in [1.165, 1.54) is 6.07 Å². The monoisotopic (exact) mass is 632 g/mol. The van der Waals surface area contributed by atoms with Crippen LogP contribution in [0.4, 0.5) is 52.7 Å². The Hall–Kier alpha value is -4.24. The fourth-order valence-electron chi connectivity index (χ4n) is 3.92. The van der Waals surface area contributed by atoms with Gasteiger partial charge in [-0.05, 0) is 54.8 Å². The zero-order chi connectivity index (χ0) is 32.7. The SMILES string of the molecule is Cc1cc(C(F)(F)F)c(OC(=O)C(C(=O)Oc2c(C)cc(C(F)(F)F)cc2C(F)(F)F)c2ccccc2)c(C(F)(F)F)c1. The molecule has 0 aromatic heterocycles. The second-order valence-electron chi connectivity index (χ2n) is 9.04. The maximum absolute atomic E-state index is 13.7. The molecule has 0 aliphatic rings. The van der Waals surface area contributed by atoms with Crippen molar-refractivity contribution in [2.45, 2.75) is 44.5 Å². The molecule has 232 valence electrons. The molecule has 0 bridgehead atoms. The summed E-state index contributed by atoms with van der Waals surface area (Å²) in [4.78, 5) is 26.2. The highest BCUT2D eigenvalue weighted by molar-refractivity contribution is 6.02. The van der Waals surface area contributed by atoms with Gasteiger partial charge in [0.05, 0.1) is 22.3 Å². The first-order valence-corrected chi connectivity index (χ1v) is 11.6. The van der Waals surface area contributed by atoms with Crippen LogP contribution < -0.4 is 9.47 Å². The molecule has 3 rings (SSSR count). The van der Waals surface area contributed by atoms with E-state index >= 15 is 0 Å². The minimum absolute atomic E-state index is 0.200. The number of benzene rings is 3. The number of carbonyl (C=O) groups is 2. The third-order valence-electron chi connectivity index (χ3n) is 5.76. The van der Waals surface area contributed by atoms with Crippen LogP contribution in [0.25, 0.3) is 0 Å². The summed E-state index contributed by atoms with van der Waals surface area (Å²) in [6.45, 7) is 1.60. The number of rotatable bonds is 5. The summed E-state index contributed by atoms with van der Waals surface area (Å²) in [5, 5.41) is 0. The summed E-state index contributed by atoms with van der Waals surface area (Å²) < 4.78 is 172. The van der Waals surface area contributed by atoms with Gasteiger partial charge in [-0.15, -0.1) is 0 Å². The van der Waals surface area contributed by atoms with Gasteiger partial charge in [0.2, 0.25) is 0 Å². The quantitative estimate of drug-likeness (QED) is 0.122. The molecule has 0 spiro atoms. The molecule has 16 heteroatoms. The van der Waals surface area contributed by atoms with Crippen molar-refractivity contribution >= 4 is 11.9 Å². The predicted molar refractivity (Wildman–Crippen MR) is 123 cm³/mol. The number of hydrogen-bond acceptors (Lipinski definition) is 4. The molecule has 0 radical (unpaired) electrons. The van der Waals surface area contributed by atoms with E-state index in [0.717, 1.165) is 31.2 Å². The molecule has 0 N–H and O–H groups in total. The van der Waals surface area contributed by atoms with Gasteiger partial charge in [-0.1, -0.05) is 30.3 Å². The molecule has 43 heavy (non-hydrogen) atoms. The Morgan fingerprint density at radius 1 is 0.581 bits per heavy atom. The Morgan fingerprint density at radius 2 is 1.00 bits per heavy atom. The van der Waals surface area contributed by atoms with Crippen LogP contribution in [-0.2, 0) is 34.3 Å². The minimum Gasteiger partial charge on any atom is -0.425 e. The molecule has 0 aliphatic heterocycles. The molecule has 0 fully saturated rings. The van der Waals surface area contributed by atoms with Crippen molar-refractivity contribution in [1.82, 2.24) is 0 Å². The lowest BCUT2D eigenvalue weighted by Crippen LogP contribution is -2.31. The first kappa shape index (κ1) is 33.3. The minimum atomic E-state index is -5.55. The van der Waals surface area contributed by atoms with Gasteiger partial charge in [0.25, 0.3) is 0 Å². The molecule has 4 nitrogen and oxygen atoms in total. The Balaban J connectivity index is 2.17. The highest BCUT2D eigenvalue weighted by atomic mass is 19.4. The Bertz CT molecular complexity index is 1480. The molecule has 0 amide bonds. The summed E-state index contributed by atoms with van der Waals surface area (Å²) in [6.07, 6.45) is -21.8. The normalized spacial score (nSPS) is 13.4. The van der Waals surface area contributed by atoms with Crippen molar-refractivity contribution in [2.75, 3.05) is 0 Å². The maximum atomic E-state index is 13.7. The van der Waals surface area contributed by atoms with E-state index in [9.17, 15) is 62.3 Å². The summed E-state index contributed by atoms with van der Waals surface area (Å²) in [5.41, 5.74) is -9.87. The van der Waals surface area contributed by atoms with E-state index in [1.807, 2.05) is 0 Å². The average Bonchev–Trinajstić information content (AvgIpc) is 2.84. The molecule has 0 saturated carbocycles. The molecule has 0 saturated heterocycles. The van der Waals surface area contributed by atoms with Gasteiger partial charge in [0.1, 0.15) is 5.75 Å². The first-order chi connectivity index (χ1) is 19.5. The summed E-state index contributed by atoms with van der Waals surface area (Å²) >= 11 is 0. The van der Waals surface area contributed by atoms with Gasteiger partial charge in [0.15, 0.2) is 11.7 Å². The van der Waals surface area contributed by atoms with Crippen molar-refractivity contribution in [3.63, 3.8) is 0 Å². The Labute approximate surface area is 233 Å². The summed E-state index contributed by atoms with van der Waals surface area (Å²) in [7, 11) is 0. The van der Waals surface area contributed by atoms with Gasteiger partial charge in [0, 0.05) is 0 Å². The summed E-state index contributed by atoms with van der Waals surface area (Å²) in [6, 6.07) is 5.83. The second kappa shape index (κ2) is 11.4. The standard InChI is InChI=1S/C27H16F12O4/c1-12-8-16(25(31,32)33)21(17(9-12)26(34,35)36)43-23(41)19(14-6-4-3-5-7-14)22(40)42-20-13(2)10-15(24(28,29)30)11-18(20)27(37,38)39/h3-11,19H,1-2H3. The Morgan fingerprint density at radius 3 is 1.42 bits per heavy atom. The van der Waals surface area contributed by atoms with Gasteiger partial charge >= 0.3 is 36.6 Å². The van der Waals surface area contributed by atoms with Crippen molar-refractivity contribution in [3.8, 4) is 11.5 Å². The number of aryl methyl sites for hydroxylation is 2. The smallest absolute Gasteiger partial charge is 0.420 e. The van der Waals surface area contributed by atoms with Crippen LogP contribution in [0.3, 0.4) is 0 Å². The molecule has 1 unspecified atom stereocenters. The van der Waals surface area contributed by atoms with Crippen molar-refractivity contribution < 1.29 is 71.7 Å². The Kier molecular flexibility index (Phi) is 8.86. The largest absolute Gasteiger partial charge is 0.425 e. The number of carbonyl (C=O) groups excluding carboxylic acids is 2. The lowest BCUT2D eigenvalue weighted by atomic mass is 9.98. The number of hydrogen-bond donors (Lipinski definition) is 0. The predicted octanol–water partition coefficient (Wildman–Crippen LogP) is 8.67. The molecule has 3 aromatic carbocycles. The first-order valence-electron chi connectivity index (χ1n) is 11.6. The van der Waals surface area contributed by atoms with Gasteiger partial charge in [-0.25, -0.2) is 0 Å². The lowest BCUT2D eigenvalue weighted by molar-refractivity contribution is -0.151. The third-order valence-corrected chi connectivity index (χ3v) is 5.76. The van der Waals surface area contributed by atoms with Crippen molar-refractivity contribution in [3.05, 3.63) is 93.5 Å². The highest BCUT2D eigenvalue weighted by Crippen LogP contribution is 2.46. The van der Waals surface area contributed by atoms with Gasteiger partial charge in [-0.2, -0.15) is 52.7 Å². The van der Waals surface area contributed by atoms with Gasteiger partial charge in [-0.3, -0.25) is 9.59 Å². The van der Waals surface area contributed by atoms with E-state index in [2.05, 4.69) is 9.47 Å². The van der Waals surface area contributed by atoms with Crippen LogP contribution in [0.1, 0.15) is 44.9 Å². The van der Waals surface area contributed by atoms with Crippen molar-refractivity contribution in [2.24, 2.45) is 0 Å². The fraction of sp³-hybridized carbons (Fsp3) is 0.259. The average molecular weight is 632 g/mol. The third kappa shape index (κ3) is 7.59.